The molecule has 116 valence electrons. The molecule has 0 aromatic carbocycles. The van der Waals surface area contributed by atoms with Gasteiger partial charge in [0, 0.05) is 32.1 Å². The van der Waals surface area contributed by atoms with Gasteiger partial charge in [-0.15, -0.1) is 0 Å². The first-order chi connectivity index (χ1) is 9.97. The van der Waals surface area contributed by atoms with Gasteiger partial charge >= 0.3 is 0 Å². The van der Waals surface area contributed by atoms with Crippen LogP contribution in [0.3, 0.4) is 0 Å². The van der Waals surface area contributed by atoms with Crippen molar-refractivity contribution in [2.45, 2.75) is 25.3 Å². The van der Waals surface area contributed by atoms with E-state index in [0.717, 1.165) is 25.9 Å². The van der Waals surface area contributed by atoms with E-state index in [4.69, 9.17) is 17.2 Å². The second-order valence-electron chi connectivity index (χ2n) is 5.03. The van der Waals surface area contributed by atoms with E-state index in [2.05, 4.69) is 15.2 Å². The summed E-state index contributed by atoms with van der Waals surface area (Å²) in [7, 11) is 0. The summed E-state index contributed by atoms with van der Waals surface area (Å²) < 4.78 is 0. The van der Waals surface area contributed by atoms with E-state index in [1.807, 2.05) is 0 Å². The number of anilines is 2. The lowest BCUT2D eigenvalue weighted by Gasteiger charge is -2.30. The number of amides is 2. The number of carbonyl (C=O) groups excluding carboxylic acids is 2. The molecule has 1 aromatic heterocycles. The van der Waals surface area contributed by atoms with Gasteiger partial charge in [-0.05, 0) is 12.8 Å². The third-order valence-corrected chi connectivity index (χ3v) is 4.36. The highest BCUT2D eigenvalue weighted by Gasteiger charge is 2.23. The van der Waals surface area contributed by atoms with Crippen LogP contribution in [0.5, 0.6) is 0 Å². The third kappa shape index (κ3) is 4.05. The minimum absolute atomic E-state index is 0.0955. The Balaban J connectivity index is 2.01. The summed E-state index contributed by atoms with van der Waals surface area (Å²) in [5.74, 6) is -0.597. The molecule has 2 amide bonds. The summed E-state index contributed by atoms with van der Waals surface area (Å²) in [4.78, 5) is 29.3. The molecule has 0 spiro atoms. The number of nitrogens with one attached hydrogen (secondary N) is 1. The zero-order chi connectivity index (χ0) is 15.4. The van der Waals surface area contributed by atoms with Gasteiger partial charge in [0.25, 0.3) is 5.91 Å². The van der Waals surface area contributed by atoms with Gasteiger partial charge in [-0.3, -0.25) is 9.59 Å². The monoisotopic (exact) mass is 312 g/mol. The van der Waals surface area contributed by atoms with Crippen LogP contribution in [0, 0.1) is 0 Å². The number of nitrogen functional groups attached to an aromatic ring is 1. The summed E-state index contributed by atoms with van der Waals surface area (Å²) in [5.41, 5.74) is 16.8. The Bertz CT molecular complexity index is 532. The molecule has 1 unspecified atom stereocenters. The fourth-order valence-corrected chi connectivity index (χ4v) is 3.12. The predicted octanol–water partition coefficient (Wildman–Crippen LogP) is -0.742. The maximum Gasteiger partial charge on any atom is 0.265 e. The summed E-state index contributed by atoms with van der Waals surface area (Å²) >= 11 is 1.24. The minimum Gasteiger partial charge on any atom is -0.382 e. The van der Waals surface area contributed by atoms with Gasteiger partial charge in [-0.25, -0.2) is 4.98 Å². The number of carbonyl (C=O) groups is 2. The number of primary amides is 1. The average molecular weight is 312 g/mol. The number of nitrogens with two attached hydrogens (primary N) is 3. The zero-order valence-corrected chi connectivity index (χ0v) is 12.5. The van der Waals surface area contributed by atoms with Crippen molar-refractivity contribution in [3.63, 3.8) is 0 Å². The van der Waals surface area contributed by atoms with E-state index >= 15 is 0 Å². The average Bonchev–Trinajstić information content (AvgIpc) is 2.80. The first kappa shape index (κ1) is 15.5. The maximum absolute atomic E-state index is 12.0. The lowest BCUT2D eigenvalue weighted by molar-refractivity contribution is -0.117. The van der Waals surface area contributed by atoms with Gasteiger partial charge < -0.3 is 27.4 Å². The molecule has 2 heterocycles. The van der Waals surface area contributed by atoms with Gasteiger partial charge in [0.1, 0.15) is 10.7 Å². The summed E-state index contributed by atoms with van der Waals surface area (Å²) in [5, 5.41) is 3.31. The second kappa shape index (κ2) is 6.72. The predicted molar refractivity (Wildman–Crippen MR) is 82.1 cm³/mol. The number of hydrogen-bond donors (Lipinski definition) is 4. The standard InChI is InChI=1S/C12H20N6O2S/c13-7-2-1-5-18(6-7)12-17-10(15)9(21-12)11(20)16-4-3-8(14)19/h7H,1-6,13,15H2,(H2,14,19)(H,16,20). The Morgan fingerprint density at radius 1 is 1.48 bits per heavy atom. The summed E-state index contributed by atoms with van der Waals surface area (Å²) in [6, 6.07) is 0.122. The number of piperidine rings is 1. The van der Waals surface area contributed by atoms with Crippen molar-refractivity contribution >= 4 is 34.1 Å². The molecule has 21 heavy (non-hydrogen) atoms. The number of aromatic nitrogens is 1. The molecule has 7 N–H and O–H groups in total. The van der Waals surface area contributed by atoms with Crippen LogP contribution in [0.15, 0.2) is 0 Å². The molecule has 9 heteroatoms. The van der Waals surface area contributed by atoms with E-state index in [-0.39, 0.29) is 30.7 Å². The van der Waals surface area contributed by atoms with Crippen molar-refractivity contribution in [1.29, 1.82) is 0 Å². The normalized spacial score (nSPS) is 18.5. The fraction of sp³-hybridized carbons (Fsp3) is 0.583. The minimum atomic E-state index is -0.462. The van der Waals surface area contributed by atoms with E-state index in [0.29, 0.717) is 10.0 Å². The lowest BCUT2D eigenvalue weighted by Crippen LogP contribution is -2.42. The second-order valence-corrected chi connectivity index (χ2v) is 6.01. The van der Waals surface area contributed by atoms with Crippen LogP contribution >= 0.6 is 11.3 Å². The Kier molecular flexibility index (Phi) is 4.97. The van der Waals surface area contributed by atoms with Crippen LogP contribution in [-0.2, 0) is 4.79 Å². The van der Waals surface area contributed by atoms with E-state index in [1.165, 1.54) is 11.3 Å². The molecule has 1 atom stereocenters. The highest BCUT2D eigenvalue weighted by Crippen LogP contribution is 2.29. The van der Waals surface area contributed by atoms with Crippen molar-refractivity contribution in [1.82, 2.24) is 10.3 Å². The smallest absolute Gasteiger partial charge is 0.265 e. The summed E-state index contributed by atoms with van der Waals surface area (Å²) in [6.07, 6.45) is 2.09. The molecular formula is C12H20N6O2S. The highest BCUT2D eigenvalue weighted by atomic mass is 32.1. The molecule has 0 radical (unpaired) electrons. The topological polar surface area (TPSA) is 140 Å². The van der Waals surface area contributed by atoms with Crippen LogP contribution < -0.4 is 27.4 Å². The molecule has 2 rings (SSSR count). The van der Waals surface area contributed by atoms with Gasteiger partial charge in [0.15, 0.2) is 5.13 Å². The highest BCUT2D eigenvalue weighted by molar-refractivity contribution is 7.18. The number of thiazole rings is 1. The molecular weight excluding hydrogens is 292 g/mol. The van der Waals surface area contributed by atoms with Gasteiger partial charge in [-0.1, -0.05) is 11.3 Å². The van der Waals surface area contributed by atoms with Crippen molar-refractivity contribution in [3.8, 4) is 0 Å². The van der Waals surface area contributed by atoms with Crippen molar-refractivity contribution in [3.05, 3.63) is 4.88 Å². The van der Waals surface area contributed by atoms with Crippen LogP contribution in [0.1, 0.15) is 28.9 Å². The lowest BCUT2D eigenvalue weighted by atomic mass is 10.1. The molecule has 1 aliphatic heterocycles. The van der Waals surface area contributed by atoms with Gasteiger partial charge in [0.05, 0.1) is 0 Å². The summed E-state index contributed by atoms with van der Waals surface area (Å²) in [6.45, 7) is 1.77. The van der Waals surface area contributed by atoms with Crippen molar-refractivity contribution in [2.24, 2.45) is 11.5 Å². The molecule has 1 aliphatic rings. The molecule has 1 aromatic rings. The molecule has 8 nitrogen and oxygen atoms in total. The third-order valence-electron chi connectivity index (χ3n) is 3.23. The number of hydrogen-bond acceptors (Lipinski definition) is 7. The molecule has 0 bridgehead atoms. The molecule has 1 fully saturated rings. The van der Waals surface area contributed by atoms with Gasteiger partial charge in [0.2, 0.25) is 5.91 Å². The molecule has 0 saturated carbocycles. The Morgan fingerprint density at radius 3 is 2.90 bits per heavy atom. The van der Waals surface area contributed by atoms with Crippen LogP contribution in [0.4, 0.5) is 10.9 Å². The quantitative estimate of drug-likeness (QED) is 0.564. The van der Waals surface area contributed by atoms with Crippen molar-refractivity contribution in [2.75, 3.05) is 30.3 Å². The van der Waals surface area contributed by atoms with E-state index in [1.54, 1.807) is 0 Å². The maximum atomic E-state index is 12.0. The van der Waals surface area contributed by atoms with E-state index < -0.39 is 5.91 Å². The Hall–Kier alpha value is -1.87. The van der Waals surface area contributed by atoms with Gasteiger partial charge in [-0.2, -0.15) is 0 Å². The number of rotatable bonds is 5. The van der Waals surface area contributed by atoms with E-state index in [9.17, 15) is 9.59 Å². The van der Waals surface area contributed by atoms with Crippen LogP contribution in [0.25, 0.3) is 0 Å². The van der Waals surface area contributed by atoms with Crippen molar-refractivity contribution < 1.29 is 9.59 Å². The first-order valence-electron chi connectivity index (χ1n) is 6.80. The molecule has 0 aliphatic carbocycles. The largest absolute Gasteiger partial charge is 0.382 e. The van der Waals surface area contributed by atoms with Crippen LogP contribution in [0.2, 0.25) is 0 Å². The molecule has 1 saturated heterocycles. The van der Waals surface area contributed by atoms with Crippen LogP contribution in [-0.4, -0.2) is 42.5 Å². The first-order valence-corrected chi connectivity index (χ1v) is 7.62. The Morgan fingerprint density at radius 2 is 2.24 bits per heavy atom. The Labute approximate surface area is 126 Å². The fourth-order valence-electron chi connectivity index (χ4n) is 2.18. The number of nitrogens with zero attached hydrogens (tertiary/aromatic N) is 2. The SMILES string of the molecule is NC(=O)CCNC(=O)c1sc(N2CCCC(N)C2)nc1N. The zero-order valence-electron chi connectivity index (χ0n) is 11.7.